The molecule has 0 radical (unpaired) electrons. The predicted molar refractivity (Wildman–Crippen MR) is 76.8 cm³/mol. The number of pyridine rings is 1. The van der Waals surface area contributed by atoms with Crippen molar-refractivity contribution in [2.45, 2.75) is 31.6 Å². The number of benzene rings is 1. The zero-order chi connectivity index (χ0) is 13.9. The summed E-state index contributed by atoms with van der Waals surface area (Å²) in [5, 5.41) is 9.54. The second-order valence-corrected chi connectivity index (χ2v) is 5.26. The summed E-state index contributed by atoms with van der Waals surface area (Å²) in [5.74, 6) is -1.53. The molecular formula is C17H17NO2. The summed E-state index contributed by atoms with van der Waals surface area (Å²) in [5.41, 5.74) is 4.09. The molecule has 102 valence electrons. The van der Waals surface area contributed by atoms with Gasteiger partial charge in [-0.15, -0.1) is 0 Å². The minimum Gasteiger partial charge on any atom is -0.480 e. The third-order valence-corrected chi connectivity index (χ3v) is 3.94. The summed E-state index contributed by atoms with van der Waals surface area (Å²) in [7, 11) is 0. The van der Waals surface area contributed by atoms with Crippen molar-refractivity contribution in [3.63, 3.8) is 0 Å². The number of carboxylic acids is 1. The Morgan fingerprint density at radius 3 is 2.60 bits per heavy atom. The number of hydrogen-bond acceptors (Lipinski definition) is 2. The number of fused-ring (bicyclic) bond motifs is 1. The van der Waals surface area contributed by atoms with Crippen molar-refractivity contribution in [2.24, 2.45) is 0 Å². The summed E-state index contributed by atoms with van der Waals surface area (Å²) in [4.78, 5) is 15.8. The number of carbonyl (C=O) groups is 1. The average molecular weight is 267 g/mol. The van der Waals surface area contributed by atoms with Crippen LogP contribution in [0.1, 0.15) is 41.1 Å². The number of aryl methyl sites for hydroxylation is 2. The normalized spacial score (nSPS) is 15.4. The fraction of sp³-hybridized carbons (Fsp3) is 0.294. The second-order valence-electron chi connectivity index (χ2n) is 5.26. The largest absolute Gasteiger partial charge is 0.480 e. The zero-order valence-electron chi connectivity index (χ0n) is 11.2. The van der Waals surface area contributed by atoms with Gasteiger partial charge in [0.25, 0.3) is 0 Å². The van der Waals surface area contributed by atoms with E-state index in [1.807, 2.05) is 12.1 Å². The lowest BCUT2D eigenvalue weighted by atomic mass is 9.86. The smallest absolute Gasteiger partial charge is 0.317 e. The van der Waals surface area contributed by atoms with E-state index in [-0.39, 0.29) is 0 Å². The van der Waals surface area contributed by atoms with Crippen molar-refractivity contribution in [1.29, 1.82) is 0 Å². The van der Waals surface area contributed by atoms with Gasteiger partial charge < -0.3 is 5.11 Å². The van der Waals surface area contributed by atoms with Crippen LogP contribution >= 0.6 is 0 Å². The van der Waals surface area contributed by atoms with Gasteiger partial charge in [0.05, 0.1) is 5.69 Å². The topological polar surface area (TPSA) is 50.2 Å². The summed E-state index contributed by atoms with van der Waals surface area (Å²) in [6.45, 7) is 0. The minimum atomic E-state index is -0.848. The molecule has 0 aliphatic heterocycles. The quantitative estimate of drug-likeness (QED) is 0.929. The Morgan fingerprint density at radius 2 is 1.90 bits per heavy atom. The van der Waals surface area contributed by atoms with E-state index in [2.05, 4.69) is 17.1 Å². The van der Waals surface area contributed by atoms with Gasteiger partial charge >= 0.3 is 5.97 Å². The van der Waals surface area contributed by atoms with Crippen LogP contribution in [0, 0.1) is 0 Å². The third kappa shape index (κ3) is 2.44. The highest BCUT2D eigenvalue weighted by Gasteiger charge is 2.24. The first-order valence-corrected chi connectivity index (χ1v) is 7.01. The molecule has 3 heteroatoms. The fourth-order valence-electron chi connectivity index (χ4n) is 2.92. The van der Waals surface area contributed by atoms with Crippen molar-refractivity contribution < 1.29 is 9.90 Å². The number of aromatic nitrogens is 1. The molecule has 0 bridgehead atoms. The Balaban J connectivity index is 2.02. The van der Waals surface area contributed by atoms with Gasteiger partial charge in [-0.2, -0.15) is 0 Å². The SMILES string of the molecule is O=C(O)C(c1ccc2c(c1)CCCC2)c1ccccn1. The minimum absolute atomic E-state index is 0.593. The van der Waals surface area contributed by atoms with Crippen LogP contribution in [-0.4, -0.2) is 16.1 Å². The van der Waals surface area contributed by atoms with Crippen LogP contribution in [0.4, 0.5) is 0 Å². The molecule has 3 rings (SSSR count). The number of hydrogen-bond donors (Lipinski definition) is 1. The highest BCUT2D eigenvalue weighted by molar-refractivity contribution is 5.79. The van der Waals surface area contributed by atoms with E-state index in [1.54, 1.807) is 18.3 Å². The van der Waals surface area contributed by atoms with Gasteiger partial charge in [-0.3, -0.25) is 9.78 Å². The molecular weight excluding hydrogens is 250 g/mol. The molecule has 0 fully saturated rings. The summed E-state index contributed by atoms with van der Waals surface area (Å²) >= 11 is 0. The van der Waals surface area contributed by atoms with Crippen LogP contribution in [0.3, 0.4) is 0 Å². The van der Waals surface area contributed by atoms with Crippen LogP contribution in [0.5, 0.6) is 0 Å². The molecule has 1 heterocycles. The van der Waals surface area contributed by atoms with Crippen LogP contribution in [0.25, 0.3) is 0 Å². The lowest BCUT2D eigenvalue weighted by Gasteiger charge is -2.19. The maximum Gasteiger partial charge on any atom is 0.317 e. The highest BCUT2D eigenvalue weighted by atomic mass is 16.4. The van der Waals surface area contributed by atoms with E-state index in [0.717, 1.165) is 18.4 Å². The monoisotopic (exact) mass is 267 g/mol. The van der Waals surface area contributed by atoms with Crippen LogP contribution in [0.15, 0.2) is 42.6 Å². The molecule has 20 heavy (non-hydrogen) atoms. The van der Waals surface area contributed by atoms with Gasteiger partial charge in [0, 0.05) is 6.20 Å². The second kappa shape index (κ2) is 5.45. The Labute approximate surface area is 118 Å². The van der Waals surface area contributed by atoms with E-state index in [4.69, 9.17) is 0 Å². The molecule has 1 aliphatic carbocycles. The Kier molecular flexibility index (Phi) is 3.50. The van der Waals surface area contributed by atoms with Crippen molar-refractivity contribution in [3.8, 4) is 0 Å². The first-order chi connectivity index (χ1) is 9.75. The standard InChI is InChI=1S/C17H17NO2/c19-17(20)16(15-7-3-4-10-18-15)14-9-8-12-5-1-2-6-13(12)11-14/h3-4,7-11,16H,1-2,5-6H2,(H,19,20). The van der Waals surface area contributed by atoms with E-state index in [9.17, 15) is 9.90 Å². The molecule has 0 saturated heterocycles. The van der Waals surface area contributed by atoms with E-state index in [0.29, 0.717) is 5.69 Å². The van der Waals surface area contributed by atoms with Gasteiger partial charge in [-0.25, -0.2) is 0 Å². The highest BCUT2D eigenvalue weighted by Crippen LogP contribution is 2.28. The number of nitrogens with zero attached hydrogens (tertiary/aromatic N) is 1. The average Bonchev–Trinajstić information content (AvgIpc) is 2.48. The van der Waals surface area contributed by atoms with E-state index >= 15 is 0 Å². The Hall–Kier alpha value is -2.16. The lowest BCUT2D eigenvalue weighted by Crippen LogP contribution is -2.15. The van der Waals surface area contributed by atoms with Gasteiger partial charge in [0.2, 0.25) is 0 Å². The first kappa shape index (κ1) is 12.9. The van der Waals surface area contributed by atoms with Gasteiger partial charge in [-0.1, -0.05) is 24.3 Å². The van der Waals surface area contributed by atoms with Gasteiger partial charge in [0.15, 0.2) is 0 Å². The Bertz CT molecular complexity index is 622. The van der Waals surface area contributed by atoms with Crippen LogP contribution in [-0.2, 0) is 17.6 Å². The first-order valence-electron chi connectivity index (χ1n) is 7.01. The van der Waals surface area contributed by atoms with Crippen molar-refractivity contribution in [2.75, 3.05) is 0 Å². The maximum atomic E-state index is 11.6. The van der Waals surface area contributed by atoms with Crippen LogP contribution < -0.4 is 0 Å². The summed E-state index contributed by atoms with van der Waals surface area (Å²) < 4.78 is 0. The fourth-order valence-corrected chi connectivity index (χ4v) is 2.92. The molecule has 0 spiro atoms. The van der Waals surface area contributed by atoms with E-state index in [1.165, 1.54) is 24.0 Å². The molecule has 2 aromatic rings. The maximum absolute atomic E-state index is 11.6. The van der Waals surface area contributed by atoms with Crippen molar-refractivity contribution in [3.05, 3.63) is 65.0 Å². The van der Waals surface area contributed by atoms with Crippen molar-refractivity contribution >= 4 is 5.97 Å². The van der Waals surface area contributed by atoms with Crippen LogP contribution in [0.2, 0.25) is 0 Å². The molecule has 1 aromatic heterocycles. The molecule has 1 N–H and O–H groups in total. The number of aliphatic carboxylic acids is 1. The molecule has 1 unspecified atom stereocenters. The molecule has 1 aromatic carbocycles. The number of carboxylic acid groups (broad SMARTS) is 1. The molecule has 1 atom stereocenters. The zero-order valence-corrected chi connectivity index (χ0v) is 11.2. The summed E-state index contributed by atoms with van der Waals surface area (Å²) in [6.07, 6.45) is 6.23. The molecule has 0 amide bonds. The predicted octanol–water partition coefficient (Wildman–Crippen LogP) is 3.18. The van der Waals surface area contributed by atoms with Crippen molar-refractivity contribution in [1.82, 2.24) is 4.98 Å². The molecule has 0 saturated carbocycles. The summed E-state index contributed by atoms with van der Waals surface area (Å²) in [6, 6.07) is 11.5. The molecule has 3 nitrogen and oxygen atoms in total. The third-order valence-electron chi connectivity index (χ3n) is 3.94. The van der Waals surface area contributed by atoms with E-state index < -0.39 is 11.9 Å². The van der Waals surface area contributed by atoms with Gasteiger partial charge in [-0.05, 0) is 54.5 Å². The lowest BCUT2D eigenvalue weighted by molar-refractivity contribution is -0.137. The Morgan fingerprint density at radius 1 is 1.10 bits per heavy atom. The number of rotatable bonds is 3. The van der Waals surface area contributed by atoms with Gasteiger partial charge in [0.1, 0.15) is 5.92 Å². The molecule has 1 aliphatic rings.